The van der Waals surface area contributed by atoms with E-state index in [1.165, 1.54) is 0 Å². The zero-order chi connectivity index (χ0) is 13.2. The lowest BCUT2D eigenvalue weighted by Crippen LogP contribution is -2.22. The van der Waals surface area contributed by atoms with E-state index in [1.807, 2.05) is 0 Å². The number of guanidine groups is 1. The van der Waals surface area contributed by atoms with Crippen LogP contribution < -0.4 is 11.5 Å². The second-order valence-corrected chi connectivity index (χ2v) is 3.03. The van der Waals surface area contributed by atoms with Crippen molar-refractivity contribution in [3.05, 3.63) is 33.9 Å². The lowest BCUT2D eigenvalue weighted by Gasteiger charge is -2.07. The van der Waals surface area contributed by atoms with Crippen LogP contribution in [0, 0.1) is 10.1 Å². The molecular weight excluding hydrogens is 241 g/mol. The van der Waals surface area contributed by atoms with E-state index in [0.717, 1.165) is 6.07 Å². The first-order valence-electron chi connectivity index (χ1n) is 4.16. The Kier molecular flexibility index (Phi) is 3.21. The molecule has 6 nitrogen and oxygen atoms in total. The third-order valence-corrected chi connectivity index (χ3v) is 1.70. The molecule has 0 unspecified atom stereocenters. The quantitative estimate of drug-likeness (QED) is 0.358. The van der Waals surface area contributed by atoms with Crippen molar-refractivity contribution in [2.24, 2.45) is 16.5 Å². The van der Waals surface area contributed by atoms with Gasteiger partial charge in [0.15, 0.2) is 5.96 Å². The summed E-state index contributed by atoms with van der Waals surface area (Å²) in [6.45, 7) is 0. The Morgan fingerprint density at radius 3 is 2.29 bits per heavy atom. The smallest absolute Gasteiger partial charge is 0.370 e. The third kappa shape index (κ3) is 3.33. The number of halogens is 3. The van der Waals surface area contributed by atoms with Crippen molar-refractivity contribution in [3.63, 3.8) is 0 Å². The molecule has 0 atom stereocenters. The third-order valence-electron chi connectivity index (χ3n) is 1.70. The average molecular weight is 248 g/mol. The highest BCUT2D eigenvalue weighted by Gasteiger charge is 2.32. The Hall–Kier alpha value is -2.32. The summed E-state index contributed by atoms with van der Waals surface area (Å²) >= 11 is 0. The van der Waals surface area contributed by atoms with Crippen LogP contribution in [0.1, 0.15) is 5.56 Å². The van der Waals surface area contributed by atoms with Crippen molar-refractivity contribution in [1.82, 2.24) is 0 Å². The highest BCUT2D eigenvalue weighted by molar-refractivity contribution is 5.79. The van der Waals surface area contributed by atoms with Gasteiger partial charge in [-0.3, -0.25) is 10.1 Å². The summed E-state index contributed by atoms with van der Waals surface area (Å²) in [5.41, 5.74) is 7.72. The maximum Gasteiger partial charge on any atom is 0.416 e. The molecule has 0 aliphatic rings. The number of hydrogen-bond donors (Lipinski definition) is 2. The summed E-state index contributed by atoms with van der Waals surface area (Å²) in [7, 11) is 0. The van der Waals surface area contributed by atoms with Crippen LogP contribution in [0.25, 0.3) is 0 Å². The first-order chi connectivity index (χ1) is 7.70. The highest BCUT2D eigenvalue weighted by atomic mass is 19.4. The molecule has 0 heterocycles. The van der Waals surface area contributed by atoms with Crippen LogP contribution in [0.4, 0.5) is 24.5 Å². The monoisotopic (exact) mass is 248 g/mol. The van der Waals surface area contributed by atoms with Crippen LogP contribution in [-0.4, -0.2) is 10.9 Å². The number of nitrogens with two attached hydrogens (primary N) is 2. The molecular formula is C8H7F3N4O2. The summed E-state index contributed by atoms with van der Waals surface area (Å²) in [6.07, 6.45) is -4.71. The zero-order valence-corrected chi connectivity index (χ0v) is 8.23. The maximum absolute atomic E-state index is 12.4. The van der Waals surface area contributed by atoms with E-state index in [9.17, 15) is 23.3 Å². The Morgan fingerprint density at radius 2 is 1.88 bits per heavy atom. The number of aliphatic imine (C=N–C) groups is 1. The van der Waals surface area contributed by atoms with Gasteiger partial charge in [0.25, 0.3) is 5.69 Å². The van der Waals surface area contributed by atoms with Crippen LogP contribution in [0.5, 0.6) is 0 Å². The molecule has 0 saturated heterocycles. The highest BCUT2D eigenvalue weighted by Crippen LogP contribution is 2.34. The topological polar surface area (TPSA) is 108 Å². The first-order valence-corrected chi connectivity index (χ1v) is 4.16. The number of non-ortho nitro benzene ring substituents is 1. The lowest BCUT2D eigenvalue weighted by molar-refractivity contribution is -0.385. The predicted molar refractivity (Wildman–Crippen MR) is 53.6 cm³/mol. The molecule has 0 spiro atoms. The lowest BCUT2D eigenvalue weighted by atomic mass is 10.1. The molecule has 0 aliphatic carbocycles. The summed E-state index contributed by atoms with van der Waals surface area (Å²) < 4.78 is 37.2. The molecule has 0 bridgehead atoms. The van der Waals surface area contributed by atoms with Gasteiger partial charge in [0, 0.05) is 12.1 Å². The summed E-state index contributed by atoms with van der Waals surface area (Å²) in [5, 5.41) is 10.4. The van der Waals surface area contributed by atoms with Crippen LogP contribution in [0.3, 0.4) is 0 Å². The molecule has 4 N–H and O–H groups in total. The van der Waals surface area contributed by atoms with Crippen molar-refractivity contribution >= 4 is 17.3 Å². The van der Waals surface area contributed by atoms with Crippen LogP contribution in [0.2, 0.25) is 0 Å². The van der Waals surface area contributed by atoms with Gasteiger partial charge in [-0.2, -0.15) is 13.2 Å². The van der Waals surface area contributed by atoms with E-state index < -0.39 is 28.3 Å². The van der Waals surface area contributed by atoms with Gasteiger partial charge in [-0.15, -0.1) is 0 Å². The van der Waals surface area contributed by atoms with E-state index in [0.29, 0.717) is 12.1 Å². The normalized spacial score (nSPS) is 11.0. The molecule has 0 radical (unpaired) electrons. The van der Waals surface area contributed by atoms with Crippen molar-refractivity contribution in [2.45, 2.75) is 6.18 Å². The number of hydrogen-bond acceptors (Lipinski definition) is 3. The van der Waals surface area contributed by atoms with Gasteiger partial charge < -0.3 is 11.5 Å². The largest absolute Gasteiger partial charge is 0.416 e. The second kappa shape index (κ2) is 4.28. The van der Waals surface area contributed by atoms with Gasteiger partial charge in [0.1, 0.15) is 0 Å². The molecule has 1 aromatic carbocycles. The van der Waals surface area contributed by atoms with Gasteiger partial charge in [-0.1, -0.05) is 0 Å². The van der Waals surface area contributed by atoms with Crippen LogP contribution in [0.15, 0.2) is 23.2 Å². The van der Waals surface area contributed by atoms with Crippen molar-refractivity contribution < 1.29 is 18.1 Å². The van der Waals surface area contributed by atoms with Crippen LogP contribution in [-0.2, 0) is 6.18 Å². The molecule has 1 rings (SSSR count). The van der Waals surface area contributed by atoms with Crippen molar-refractivity contribution in [1.29, 1.82) is 0 Å². The van der Waals surface area contributed by atoms with Gasteiger partial charge in [0.05, 0.1) is 16.2 Å². The number of nitro benzene ring substituents is 1. The second-order valence-electron chi connectivity index (χ2n) is 3.03. The van der Waals surface area contributed by atoms with Crippen molar-refractivity contribution in [3.8, 4) is 0 Å². The first kappa shape index (κ1) is 12.7. The molecule has 0 aromatic heterocycles. The fraction of sp³-hybridized carbons (Fsp3) is 0.125. The number of alkyl halides is 3. The molecule has 0 amide bonds. The molecule has 9 heteroatoms. The standard InChI is InChI=1S/C8H7F3N4O2/c9-8(10,11)4-1-5(14-7(12)13)3-6(2-4)15(16)17/h1-3H,(H4,12,13,14). The molecule has 0 fully saturated rings. The SMILES string of the molecule is NC(N)=Nc1cc([N+](=O)[O-])cc(C(F)(F)F)c1. The number of benzene rings is 1. The Bertz CT molecular complexity index is 480. The van der Waals surface area contributed by atoms with E-state index in [2.05, 4.69) is 4.99 Å². The van der Waals surface area contributed by atoms with E-state index in [4.69, 9.17) is 11.5 Å². The molecule has 1 aromatic rings. The zero-order valence-electron chi connectivity index (χ0n) is 8.23. The van der Waals surface area contributed by atoms with Crippen LogP contribution >= 0.6 is 0 Å². The number of rotatable bonds is 2. The number of nitro groups is 1. The fourth-order valence-corrected chi connectivity index (χ4v) is 1.08. The molecule has 0 saturated carbocycles. The fourth-order valence-electron chi connectivity index (χ4n) is 1.08. The Balaban J connectivity index is 3.39. The number of nitrogens with zero attached hydrogens (tertiary/aromatic N) is 2. The van der Waals surface area contributed by atoms with Gasteiger partial charge >= 0.3 is 6.18 Å². The minimum absolute atomic E-state index is 0.327. The summed E-state index contributed by atoms with van der Waals surface area (Å²) in [6, 6.07) is 1.87. The Morgan fingerprint density at radius 1 is 1.29 bits per heavy atom. The summed E-state index contributed by atoms with van der Waals surface area (Å²) in [4.78, 5) is 12.8. The average Bonchev–Trinajstić information content (AvgIpc) is 2.14. The molecule has 92 valence electrons. The minimum atomic E-state index is -4.71. The molecule has 17 heavy (non-hydrogen) atoms. The maximum atomic E-state index is 12.4. The van der Waals surface area contributed by atoms with E-state index in [-0.39, 0.29) is 5.69 Å². The van der Waals surface area contributed by atoms with Gasteiger partial charge in [-0.05, 0) is 6.07 Å². The van der Waals surface area contributed by atoms with E-state index >= 15 is 0 Å². The van der Waals surface area contributed by atoms with Gasteiger partial charge in [0.2, 0.25) is 0 Å². The van der Waals surface area contributed by atoms with Crippen molar-refractivity contribution in [2.75, 3.05) is 0 Å². The minimum Gasteiger partial charge on any atom is -0.370 e. The molecule has 0 aliphatic heterocycles. The van der Waals surface area contributed by atoms with E-state index in [1.54, 1.807) is 0 Å². The predicted octanol–water partition coefficient (Wildman–Crippen LogP) is 1.52. The summed E-state index contributed by atoms with van der Waals surface area (Å²) in [5.74, 6) is -0.487. The Labute approximate surface area is 92.9 Å². The van der Waals surface area contributed by atoms with Gasteiger partial charge in [-0.25, -0.2) is 4.99 Å².